The van der Waals surface area contributed by atoms with E-state index in [2.05, 4.69) is 45.9 Å². The third-order valence-electron chi connectivity index (χ3n) is 3.82. The lowest BCUT2D eigenvalue weighted by Crippen LogP contribution is -2.33. The van der Waals surface area contributed by atoms with Gasteiger partial charge in [0.1, 0.15) is 12.7 Å². The van der Waals surface area contributed by atoms with E-state index in [1.807, 2.05) is 4.68 Å². The second-order valence-corrected chi connectivity index (χ2v) is 6.65. The number of likely N-dealkylation sites (tertiary alicyclic amines) is 1. The van der Waals surface area contributed by atoms with Crippen LogP contribution >= 0.6 is 0 Å². The Morgan fingerprint density at radius 1 is 1.38 bits per heavy atom. The van der Waals surface area contributed by atoms with Crippen LogP contribution in [0.15, 0.2) is 17.2 Å². The van der Waals surface area contributed by atoms with Crippen molar-refractivity contribution in [2.75, 3.05) is 6.54 Å². The summed E-state index contributed by atoms with van der Waals surface area (Å²) >= 11 is 0. The van der Waals surface area contributed by atoms with Crippen molar-refractivity contribution >= 4 is 0 Å². The van der Waals surface area contributed by atoms with Gasteiger partial charge in [0.2, 0.25) is 5.89 Å². The molecule has 1 atom stereocenters. The molecule has 114 valence electrons. The SMILES string of the molecule is CC(C)(C)c1nc(CN2CCCC2Cn2cncn2)no1. The van der Waals surface area contributed by atoms with Gasteiger partial charge in [-0.3, -0.25) is 9.58 Å². The fraction of sp³-hybridized carbons (Fsp3) is 0.714. The summed E-state index contributed by atoms with van der Waals surface area (Å²) in [6.07, 6.45) is 5.71. The summed E-state index contributed by atoms with van der Waals surface area (Å²) in [4.78, 5) is 10.9. The number of hydrogen-bond donors (Lipinski definition) is 0. The van der Waals surface area contributed by atoms with Crippen molar-refractivity contribution in [2.45, 2.75) is 58.2 Å². The van der Waals surface area contributed by atoms with Gasteiger partial charge in [0.05, 0.1) is 13.1 Å². The van der Waals surface area contributed by atoms with E-state index in [0.717, 1.165) is 25.5 Å². The second kappa shape index (κ2) is 5.55. The van der Waals surface area contributed by atoms with E-state index in [9.17, 15) is 0 Å². The van der Waals surface area contributed by atoms with Crippen LogP contribution in [0.3, 0.4) is 0 Å². The van der Waals surface area contributed by atoms with Gasteiger partial charge in [-0.2, -0.15) is 10.1 Å². The van der Waals surface area contributed by atoms with Crippen molar-refractivity contribution < 1.29 is 4.52 Å². The van der Waals surface area contributed by atoms with Crippen LogP contribution in [0.5, 0.6) is 0 Å². The summed E-state index contributed by atoms with van der Waals surface area (Å²) in [7, 11) is 0. The van der Waals surface area contributed by atoms with Gasteiger partial charge in [0, 0.05) is 11.5 Å². The summed E-state index contributed by atoms with van der Waals surface area (Å²) in [6, 6.07) is 0.461. The Labute approximate surface area is 124 Å². The van der Waals surface area contributed by atoms with Crippen molar-refractivity contribution in [1.82, 2.24) is 29.8 Å². The van der Waals surface area contributed by atoms with Crippen molar-refractivity contribution in [3.63, 3.8) is 0 Å². The standard InChI is InChI=1S/C14H22N6O/c1-14(2,3)13-17-12(18-21-13)8-19-6-4-5-11(19)7-20-10-15-9-16-20/h9-11H,4-8H2,1-3H3. The van der Waals surface area contributed by atoms with E-state index in [-0.39, 0.29) is 5.41 Å². The topological polar surface area (TPSA) is 72.9 Å². The second-order valence-electron chi connectivity index (χ2n) is 6.65. The fourth-order valence-corrected chi connectivity index (χ4v) is 2.66. The number of hydrogen-bond acceptors (Lipinski definition) is 6. The molecule has 1 aliphatic heterocycles. The average Bonchev–Trinajstić information content (AvgIpc) is 3.12. The molecule has 0 amide bonds. The fourth-order valence-electron chi connectivity index (χ4n) is 2.66. The first-order valence-electron chi connectivity index (χ1n) is 7.42. The predicted octanol–water partition coefficient (Wildman–Crippen LogP) is 1.62. The molecule has 1 fully saturated rings. The molecule has 1 aliphatic rings. The highest BCUT2D eigenvalue weighted by molar-refractivity contribution is 4.98. The first-order chi connectivity index (χ1) is 10.0. The average molecular weight is 290 g/mol. The van der Waals surface area contributed by atoms with Crippen LogP contribution in [-0.4, -0.2) is 42.4 Å². The lowest BCUT2D eigenvalue weighted by Gasteiger charge is -2.22. The summed E-state index contributed by atoms with van der Waals surface area (Å²) in [5.41, 5.74) is -0.101. The van der Waals surface area contributed by atoms with Crippen molar-refractivity contribution in [3.8, 4) is 0 Å². The van der Waals surface area contributed by atoms with Gasteiger partial charge in [-0.25, -0.2) is 4.98 Å². The predicted molar refractivity (Wildman–Crippen MR) is 76.5 cm³/mol. The zero-order chi connectivity index (χ0) is 14.9. The van der Waals surface area contributed by atoms with E-state index < -0.39 is 0 Å². The highest BCUT2D eigenvalue weighted by Crippen LogP contribution is 2.23. The third-order valence-corrected chi connectivity index (χ3v) is 3.82. The minimum absolute atomic E-state index is 0.101. The zero-order valence-electron chi connectivity index (χ0n) is 12.9. The van der Waals surface area contributed by atoms with E-state index in [4.69, 9.17) is 4.52 Å². The molecule has 2 aromatic heterocycles. The van der Waals surface area contributed by atoms with Crippen LogP contribution in [0.2, 0.25) is 0 Å². The monoisotopic (exact) mass is 290 g/mol. The summed E-state index contributed by atoms with van der Waals surface area (Å²) in [5, 5.41) is 8.30. The Kier molecular flexibility index (Phi) is 3.75. The third kappa shape index (κ3) is 3.29. The molecule has 7 nitrogen and oxygen atoms in total. The molecule has 0 bridgehead atoms. The van der Waals surface area contributed by atoms with Crippen LogP contribution in [0.4, 0.5) is 0 Å². The van der Waals surface area contributed by atoms with Gasteiger partial charge in [-0.05, 0) is 19.4 Å². The van der Waals surface area contributed by atoms with E-state index in [1.54, 1.807) is 12.7 Å². The molecule has 0 radical (unpaired) electrons. The molecular weight excluding hydrogens is 268 g/mol. The number of rotatable bonds is 4. The maximum Gasteiger partial charge on any atom is 0.232 e. The quantitative estimate of drug-likeness (QED) is 0.852. The Morgan fingerprint density at radius 2 is 2.24 bits per heavy atom. The van der Waals surface area contributed by atoms with Crippen LogP contribution in [0.25, 0.3) is 0 Å². The molecule has 0 aliphatic carbocycles. The molecule has 0 spiro atoms. The minimum atomic E-state index is -0.101. The molecule has 21 heavy (non-hydrogen) atoms. The van der Waals surface area contributed by atoms with Gasteiger partial charge < -0.3 is 4.52 Å². The molecule has 7 heteroatoms. The van der Waals surface area contributed by atoms with Crippen LogP contribution in [0, 0.1) is 0 Å². The first kappa shape index (κ1) is 14.2. The molecule has 0 N–H and O–H groups in total. The lowest BCUT2D eigenvalue weighted by atomic mass is 9.97. The Morgan fingerprint density at radius 3 is 2.90 bits per heavy atom. The molecule has 3 rings (SSSR count). The van der Waals surface area contributed by atoms with E-state index in [0.29, 0.717) is 11.9 Å². The van der Waals surface area contributed by atoms with Gasteiger partial charge in [0.15, 0.2) is 5.82 Å². The number of aromatic nitrogens is 5. The number of nitrogens with zero attached hydrogens (tertiary/aromatic N) is 6. The van der Waals surface area contributed by atoms with Gasteiger partial charge in [-0.1, -0.05) is 25.9 Å². The highest BCUT2D eigenvalue weighted by Gasteiger charge is 2.28. The van der Waals surface area contributed by atoms with Crippen molar-refractivity contribution in [1.29, 1.82) is 0 Å². The Balaban J connectivity index is 1.64. The molecule has 0 aromatic carbocycles. The molecule has 1 saturated heterocycles. The molecule has 1 unspecified atom stereocenters. The molecule has 0 saturated carbocycles. The smallest absolute Gasteiger partial charge is 0.232 e. The van der Waals surface area contributed by atoms with Gasteiger partial charge in [-0.15, -0.1) is 0 Å². The molecular formula is C14H22N6O. The largest absolute Gasteiger partial charge is 0.339 e. The summed E-state index contributed by atoms with van der Waals surface area (Å²) in [5.74, 6) is 1.47. The van der Waals surface area contributed by atoms with E-state index >= 15 is 0 Å². The zero-order valence-corrected chi connectivity index (χ0v) is 12.9. The summed E-state index contributed by atoms with van der Waals surface area (Å²) < 4.78 is 7.25. The highest BCUT2D eigenvalue weighted by atomic mass is 16.5. The van der Waals surface area contributed by atoms with Crippen molar-refractivity contribution in [3.05, 3.63) is 24.4 Å². The van der Waals surface area contributed by atoms with Gasteiger partial charge in [0.25, 0.3) is 0 Å². The minimum Gasteiger partial charge on any atom is -0.339 e. The molecule has 2 aromatic rings. The Bertz CT molecular complexity index is 571. The summed E-state index contributed by atoms with van der Waals surface area (Å²) in [6.45, 7) is 8.90. The van der Waals surface area contributed by atoms with Crippen molar-refractivity contribution in [2.24, 2.45) is 0 Å². The molecule has 3 heterocycles. The maximum atomic E-state index is 5.37. The lowest BCUT2D eigenvalue weighted by molar-refractivity contribution is 0.211. The van der Waals surface area contributed by atoms with Crippen LogP contribution < -0.4 is 0 Å². The Hall–Kier alpha value is -1.76. The first-order valence-corrected chi connectivity index (χ1v) is 7.42. The van der Waals surface area contributed by atoms with E-state index in [1.165, 1.54) is 12.8 Å². The van der Waals surface area contributed by atoms with Crippen LogP contribution in [0.1, 0.15) is 45.3 Å². The van der Waals surface area contributed by atoms with Gasteiger partial charge >= 0.3 is 0 Å². The van der Waals surface area contributed by atoms with Crippen LogP contribution in [-0.2, 0) is 18.5 Å². The normalized spacial score (nSPS) is 20.2. The maximum absolute atomic E-state index is 5.37.